The molecule has 0 unspecified atom stereocenters. The fourth-order valence-electron chi connectivity index (χ4n) is 1.65. The van der Waals surface area contributed by atoms with Crippen LogP contribution in [0.5, 0.6) is 0 Å². The van der Waals surface area contributed by atoms with E-state index in [1.807, 2.05) is 0 Å². The molecule has 0 aromatic heterocycles. The van der Waals surface area contributed by atoms with Gasteiger partial charge >= 0.3 is 0 Å². The number of benzene rings is 1. The summed E-state index contributed by atoms with van der Waals surface area (Å²) in [6, 6.07) is 4.13. The third kappa shape index (κ3) is 4.65. The highest BCUT2D eigenvalue weighted by atomic mass is 19.1. The second kappa shape index (κ2) is 8.31. The highest BCUT2D eigenvalue weighted by molar-refractivity contribution is 5.94. The standard InChI is InChI=1S/C15H18FNO3/c1-17(8-4-10-20-2)15(19)13-7-6-12(5-3-9-18)14(16)11-13/h6-7,11,18H,4,8-10H2,1-2H3. The lowest BCUT2D eigenvalue weighted by atomic mass is 10.1. The fourth-order valence-corrected chi connectivity index (χ4v) is 1.65. The molecule has 1 N–H and O–H groups in total. The van der Waals surface area contributed by atoms with Crippen molar-refractivity contribution in [3.8, 4) is 11.8 Å². The van der Waals surface area contributed by atoms with Crippen molar-refractivity contribution < 1.29 is 19.0 Å². The summed E-state index contributed by atoms with van der Waals surface area (Å²) in [5.41, 5.74) is 0.439. The van der Waals surface area contributed by atoms with Gasteiger partial charge in [0.1, 0.15) is 12.4 Å². The summed E-state index contributed by atoms with van der Waals surface area (Å²) in [4.78, 5) is 13.6. The van der Waals surface area contributed by atoms with Gasteiger partial charge in [0.2, 0.25) is 0 Å². The van der Waals surface area contributed by atoms with Crippen LogP contribution in [0.25, 0.3) is 0 Å². The Morgan fingerprint density at radius 1 is 1.50 bits per heavy atom. The van der Waals surface area contributed by atoms with Crippen LogP contribution in [0.15, 0.2) is 18.2 Å². The fraction of sp³-hybridized carbons (Fsp3) is 0.400. The van der Waals surface area contributed by atoms with Crippen LogP contribution in [0.4, 0.5) is 4.39 Å². The van der Waals surface area contributed by atoms with Crippen LogP contribution in [-0.4, -0.2) is 49.8 Å². The normalized spacial score (nSPS) is 9.80. The molecule has 20 heavy (non-hydrogen) atoms. The Kier molecular flexibility index (Phi) is 6.71. The van der Waals surface area contributed by atoms with E-state index in [1.54, 1.807) is 14.2 Å². The zero-order valence-electron chi connectivity index (χ0n) is 11.6. The number of hydrogen-bond donors (Lipinski definition) is 1. The average Bonchev–Trinajstić information content (AvgIpc) is 2.45. The number of halogens is 1. The largest absolute Gasteiger partial charge is 0.385 e. The molecule has 0 atom stereocenters. The Morgan fingerprint density at radius 3 is 2.85 bits per heavy atom. The number of ether oxygens (including phenoxy) is 1. The Morgan fingerprint density at radius 2 is 2.25 bits per heavy atom. The van der Waals surface area contributed by atoms with Crippen LogP contribution < -0.4 is 0 Å². The molecule has 0 aliphatic heterocycles. The summed E-state index contributed by atoms with van der Waals surface area (Å²) < 4.78 is 18.6. The van der Waals surface area contributed by atoms with Crippen LogP contribution in [0, 0.1) is 17.7 Å². The maximum absolute atomic E-state index is 13.7. The molecule has 0 radical (unpaired) electrons. The first kappa shape index (κ1) is 16.2. The van der Waals surface area contributed by atoms with Crippen molar-refractivity contribution in [3.63, 3.8) is 0 Å². The maximum atomic E-state index is 13.7. The lowest BCUT2D eigenvalue weighted by Gasteiger charge is -2.17. The van der Waals surface area contributed by atoms with Gasteiger partial charge in [-0.25, -0.2) is 4.39 Å². The average molecular weight is 279 g/mol. The third-order valence-electron chi connectivity index (χ3n) is 2.71. The summed E-state index contributed by atoms with van der Waals surface area (Å²) in [5, 5.41) is 8.57. The molecule has 0 fully saturated rings. The molecular weight excluding hydrogens is 261 g/mol. The molecule has 1 rings (SSSR count). The predicted octanol–water partition coefficient (Wildman–Crippen LogP) is 1.28. The number of nitrogens with zero attached hydrogens (tertiary/aromatic N) is 1. The molecule has 0 bridgehead atoms. The van der Waals surface area contributed by atoms with Crippen molar-refractivity contribution in [2.45, 2.75) is 6.42 Å². The lowest BCUT2D eigenvalue weighted by molar-refractivity contribution is 0.0779. The smallest absolute Gasteiger partial charge is 0.253 e. The summed E-state index contributed by atoms with van der Waals surface area (Å²) in [6.45, 7) is 0.782. The summed E-state index contributed by atoms with van der Waals surface area (Å²) in [5.74, 6) is 4.03. The topological polar surface area (TPSA) is 49.8 Å². The minimum Gasteiger partial charge on any atom is -0.385 e. The van der Waals surface area contributed by atoms with Crippen molar-refractivity contribution >= 4 is 5.91 Å². The minimum absolute atomic E-state index is 0.164. The third-order valence-corrected chi connectivity index (χ3v) is 2.71. The molecule has 108 valence electrons. The van der Waals surface area contributed by atoms with Crippen molar-refractivity contribution in [1.29, 1.82) is 0 Å². The van der Waals surface area contributed by atoms with Crippen molar-refractivity contribution in [2.75, 3.05) is 33.9 Å². The number of carbonyl (C=O) groups excluding carboxylic acids is 1. The first-order chi connectivity index (χ1) is 9.60. The van der Waals surface area contributed by atoms with Gasteiger partial charge in [0.15, 0.2) is 0 Å². The number of carbonyl (C=O) groups is 1. The Hall–Kier alpha value is -1.90. The minimum atomic E-state index is -0.568. The van der Waals surface area contributed by atoms with E-state index in [9.17, 15) is 9.18 Å². The number of aliphatic hydroxyl groups is 1. The van der Waals surface area contributed by atoms with Crippen molar-refractivity contribution in [2.24, 2.45) is 0 Å². The predicted molar refractivity (Wildman–Crippen MR) is 73.8 cm³/mol. The molecule has 1 aromatic carbocycles. The summed E-state index contributed by atoms with van der Waals surface area (Å²) in [7, 11) is 3.26. The van der Waals surface area contributed by atoms with E-state index in [0.29, 0.717) is 13.2 Å². The van der Waals surface area contributed by atoms with Crippen molar-refractivity contribution in [3.05, 3.63) is 35.1 Å². The van der Waals surface area contributed by atoms with E-state index in [4.69, 9.17) is 9.84 Å². The van der Waals surface area contributed by atoms with Crippen LogP contribution in [-0.2, 0) is 4.74 Å². The Bertz CT molecular complexity index is 520. The molecule has 0 heterocycles. The van der Waals surface area contributed by atoms with Crippen LogP contribution in [0.1, 0.15) is 22.3 Å². The van der Waals surface area contributed by atoms with Gasteiger partial charge in [0.25, 0.3) is 5.91 Å². The lowest BCUT2D eigenvalue weighted by Crippen LogP contribution is -2.28. The quantitative estimate of drug-likeness (QED) is 0.652. The molecule has 0 aliphatic carbocycles. The zero-order valence-corrected chi connectivity index (χ0v) is 11.6. The van der Waals surface area contributed by atoms with Gasteiger partial charge in [-0.15, -0.1) is 0 Å². The van der Waals surface area contributed by atoms with E-state index >= 15 is 0 Å². The van der Waals surface area contributed by atoms with Gasteiger partial charge < -0.3 is 14.7 Å². The number of aliphatic hydroxyl groups excluding tert-OH is 1. The number of amides is 1. The monoisotopic (exact) mass is 279 g/mol. The molecular formula is C15H18FNO3. The number of methoxy groups -OCH3 is 1. The molecule has 0 saturated heterocycles. The zero-order chi connectivity index (χ0) is 15.0. The number of hydrogen-bond acceptors (Lipinski definition) is 3. The van der Waals surface area contributed by atoms with Crippen LogP contribution in [0.2, 0.25) is 0 Å². The van der Waals surface area contributed by atoms with E-state index < -0.39 is 5.82 Å². The van der Waals surface area contributed by atoms with Crippen molar-refractivity contribution in [1.82, 2.24) is 4.90 Å². The first-order valence-corrected chi connectivity index (χ1v) is 6.23. The second-order valence-corrected chi connectivity index (χ2v) is 4.23. The maximum Gasteiger partial charge on any atom is 0.253 e. The summed E-state index contributed by atoms with van der Waals surface area (Å²) >= 11 is 0. The molecule has 1 amide bonds. The van der Waals surface area contributed by atoms with E-state index in [-0.39, 0.29) is 23.6 Å². The van der Waals surface area contributed by atoms with E-state index in [0.717, 1.165) is 12.5 Å². The molecule has 1 aromatic rings. The van der Waals surface area contributed by atoms with Gasteiger partial charge in [0, 0.05) is 32.9 Å². The Labute approximate surface area is 118 Å². The van der Waals surface area contributed by atoms with E-state index in [1.165, 1.54) is 17.0 Å². The molecule has 4 nitrogen and oxygen atoms in total. The second-order valence-electron chi connectivity index (χ2n) is 4.23. The highest BCUT2D eigenvalue weighted by Crippen LogP contribution is 2.11. The van der Waals surface area contributed by atoms with Gasteiger partial charge in [0.05, 0.1) is 5.56 Å². The van der Waals surface area contributed by atoms with Gasteiger partial charge in [-0.3, -0.25) is 4.79 Å². The van der Waals surface area contributed by atoms with Gasteiger partial charge in [-0.1, -0.05) is 11.8 Å². The SMILES string of the molecule is COCCCN(C)C(=O)c1ccc(C#CCO)c(F)c1. The van der Waals surface area contributed by atoms with Gasteiger partial charge in [-0.2, -0.15) is 0 Å². The highest BCUT2D eigenvalue weighted by Gasteiger charge is 2.13. The Balaban J connectivity index is 2.76. The molecule has 0 saturated carbocycles. The first-order valence-electron chi connectivity index (χ1n) is 6.23. The molecule has 0 aliphatic rings. The number of rotatable bonds is 5. The molecule has 0 spiro atoms. The molecule has 5 heteroatoms. The van der Waals surface area contributed by atoms with Crippen LogP contribution in [0.3, 0.4) is 0 Å². The summed E-state index contributed by atoms with van der Waals surface area (Å²) in [6.07, 6.45) is 0.723. The van der Waals surface area contributed by atoms with Crippen LogP contribution >= 0.6 is 0 Å². The van der Waals surface area contributed by atoms with E-state index in [2.05, 4.69) is 11.8 Å². The van der Waals surface area contributed by atoms with Gasteiger partial charge in [-0.05, 0) is 24.6 Å².